The van der Waals surface area contributed by atoms with Gasteiger partial charge in [0.1, 0.15) is 0 Å². The van der Waals surface area contributed by atoms with Crippen LogP contribution in [0.25, 0.3) is 5.69 Å². The molecule has 2 aliphatic rings. The van der Waals surface area contributed by atoms with Crippen molar-refractivity contribution >= 4 is 11.9 Å². The third kappa shape index (κ3) is 2.13. The molecule has 2 unspecified atom stereocenters. The first-order valence-corrected chi connectivity index (χ1v) is 8.13. The molecule has 1 aromatic heterocycles. The molecule has 4 rings (SSSR count). The summed E-state index contributed by atoms with van der Waals surface area (Å²) in [5.74, 6) is -1.34. The fraction of sp³-hybridized carbons (Fsp3) is 0.263. The number of carbonyl (C=O) groups is 2. The zero-order valence-corrected chi connectivity index (χ0v) is 14.2. The van der Waals surface area contributed by atoms with Crippen molar-refractivity contribution in [2.45, 2.75) is 18.3 Å². The molecule has 0 radical (unpaired) electrons. The number of rotatable bonds is 3. The molecule has 0 fully saturated rings. The van der Waals surface area contributed by atoms with Crippen LogP contribution in [0.1, 0.15) is 50.1 Å². The van der Waals surface area contributed by atoms with Gasteiger partial charge in [0.2, 0.25) is 11.8 Å². The number of hydrogen-bond acceptors (Lipinski definition) is 6. The largest absolute Gasteiger partial charge is 0.494 e. The number of benzene rings is 1. The first-order valence-electron chi connectivity index (χ1n) is 8.13. The fourth-order valence-corrected chi connectivity index (χ4v) is 3.90. The molecule has 7 nitrogen and oxygen atoms in total. The van der Waals surface area contributed by atoms with Crippen molar-refractivity contribution in [2.75, 3.05) is 14.2 Å². The minimum atomic E-state index is -0.641. The first kappa shape index (κ1) is 16.3. The highest BCUT2D eigenvalue weighted by molar-refractivity contribution is 5.96. The molecule has 0 aliphatic heterocycles. The Hall–Kier alpha value is -3.22. The van der Waals surface area contributed by atoms with Gasteiger partial charge < -0.3 is 19.7 Å². The van der Waals surface area contributed by atoms with Gasteiger partial charge in [-0.05, 0) is 24.6 Å². The number of aromatic nitrogens is 1. The molecule has 2 aliphatic carbocycles. The highest BCUT2D eigenvalue weighted by Crippen LogP contribution is 2.57. The van der Waals surface area contributed by atoms with Crippen molar-refractivity contribution in [1.82, 2.24) is 4.57 Å². The van der Waals surface area contributed by atoms with Gasteiger partial charge in [-0.25, -0.2) is 9.59 Å². The Balaban J connectivity index is 1.92. The van der Waals surface area contributed by atoms with E-state index in [9.17, 15) is 19.8 Å². The maximum atomic E-state index is 12.0. The zero-order chi connectivity index (χ0) is 18.6. The number of methoxy groups -OCH3 is 2. The maximum absolute atomic E-state index is 12.0. The van der Waals surface area contributed by atoms with Gasteiger partial charge in [0.05, 0.1) is 31.0 Å². The summed E-state index contributed by atoms with van der Waals surface area (Å²) in [6.07, 6.45) is 4.87. The van der Waals surface area contributed by atoms with Crippen LogP contribution in [0.5, 0.6) is 11.8 Å². The molecular weight excluding hydrogens is 338 g/mol. The molecule has 2 aromatic rings. The Morgan fingerprint density at radius 2 is 1.38 bits per heavy atom. The van der Waals surface area contributed by atoms with Crippen LogP contribution < -0.4 is 0 Å². The van der Waals surface area contributed by atoms with Crippen LogP contribution in [0.3, 0.4) is 0 Å². The van der Waals surface area contributed by atoms with Crippen molar-refractivity contribution < 1.29 is 29.3 Å². The Kier molecular flexibility index (Phi) is 3.54. The Labute approximate surface area is 149 Å². The number of nitrogens with zero attached hydrogens (tertiary/aromatic N) is 1. The molecule has 0 saturated heterocycles. The quantitative estimate of drug-likeness (QED) is 0.649. The van der Waals surface area contributed by atoms with Crippen molar-refractivity contribution in [3.05, 3.63) is 52.6 Å². The van der Waals surface area contributed by atoms with Crippen LogP contribution in [-0.2, 0) is 9.47 Å². The average Bonchev–Trinajstić information content (AvgIpc) is 3.33. The van der Waals surface area contributed by atoms with E-state index in [4.69, 9.17) is 9.47 Å². The van der Waals surface area contributed by atoms with Gasteiger partial charge in [-0.15, -0.1) is 0 Å². The second-order valence-corrected chi connectivity index (χ2v) is 6.40. The topological polar surface area (TPSA) is 98.0 Å². The van der Waals surface area contributed by atoms with E-state index in [2.05, 4.69) is 0 Å². The molecular formula is C19H17NO6. The second-order valence-electron chi connectivity index (χ2n) is 6.40. The van der Waals surface area contributed by atoms with Gasteiger partial charge in [-0.2, -0.15) is 0 Å². The summed E-state index contributed by atoms with van der Waals surface area (Å²) >= 11 is 0. The predicted octanol–water partition coefficient (Wildman–Crippen LogP) is 2.60. The van der Waals surface area contributed by atoms with Gasteiger partial charge in [-0.3, -0.25) is 4.57 Å². The average molecular weight is 355 g/mol. The summed E-state index contributed by atoms with van der Waals surface area (Å²) in [5.41, 5.74) is 1.88. The van der Waals surface area contributed by atoms with Crippen LogP contribution in [0.15, 0.2) is 30.4 Å². The first-order chi connectivity index (χ1) is 12.5. The summed E-state index contributed by atoms with van der Waals surface area (Å²) in [6, 6.07) is 4.24. The maximum Gasteiger partial charge on any atom is 0.337 e. The second kappa shape index (κ2) is 5.66. The molecule has 26 heavy (non-hydrogen) atoms. The number of aromatic hydroxyl groups is 2. The van der Waals surface area contributed by atoms with E-state index in [1.807, 2.05) is 12.2 Å². The molecule has 2 bridgehead atoms. The molecule has 0 saturated carbocycles. The van der Waals surface area contributed by atoms with Crippen LogP contribution >= 0.6 is 0 Å². The molecule has 2 atom stereocenters. The highest BCUT2D eigenvalue weighted by Gasteiger charge is 2.41. The molecule has 134 valence electrons. The number of allylic oxidation sites excluding steroid dienone is 2. The van der Waals surface area contributed by atoms with Crippen LogP contribution in [0.4, 0.5) is 0 Å². The SMILES string of the molecule is COC(=O)c1cc(C(=O)OC)cc(-n2c(O)c3c(c2O)C2C=CC3C2)c1. The van der Waals surface area contributed by atoms with Gasteiger partial charge in [0.15, 0.2) is 0 Å². The third-order valence-electron chi connectivity index (χ3n) is 5.04. The van der Waals surface area contributed by atoms with Crippen molar-refractivity contribution in [3.63, 3.8) is 0 Å². The number of ether oxygens (including phenoxy) is 2. The standard InChI is InChI=1S/C19H17NO6/c1-25-18(23)11-6-12(19(24)26-2)8-13(7-11)20-16(21)14-9-3-4-10(5-9)15(14)17(20)22/h3-4,6-10,21-22H,5H2,1-2H3. The number of fused-ring (bicyclic) bond motifs is 5. The zero-order valence-electron chi connectivity index (χ0n) is 14.2. The highest BCUT2D eigenvalue weighted by atomic mass is 16.5. The summed E-state index contributed by atoms with van der Waals surface area (Å²) in [7, 11) is 2.46. The number of esters is 2. The lowest BCUT2D eigenvalue weighted by Gasteiger charge is -2.12. The monoisotopic (exact) mass is 355 g/mol. The van der Waals surface area contributed by atoms with Crippen molar-refractivity contribution in [3.8, 4) is 17.4 Å². The lowest BCUT2D eigenvalue weighted by atomic mass is 10.0. The van der Waals surface area contributed by atoms with E-state index in [1.165, 1.54) is 37.0 Å². The Morgan fingerprint density at radius 1 is 0.923 bits per heavy atom. The molecule has 2 N–H and O–H groups in total. The number of carbonyl (C=O) groups excluding carboxylic acids is 2. The summed E-state index contributed by atoms with van der Waals surface area (Å²) < 4.78 is 10.7. The van der Waals surface area contributed by atoms with Crippen LogP contribution in [0.2, 0.25) is 0 Å². The summed E-state index contributed by atoms with van der Waals surface area (Å²) in [4.78, 5) is 23.9. The minimum absolute atomic E-state index is 0.0611. The van der Waals surface area contributed by atoms with E-state index in [0.717, 1.165) is 6.42 Å². The van der Waals surface area contributed by atoms with Crippen LogP contribution in [-0.4, -0.2) is 40.9 Å². The van der Waals surface area contributed by atoms with Crippen LogP contribution in [0, 0.1) is 0 Å². The summed E-state index contributed by atoms with van der Waals surface area (Å²) in [6.45, 7) is 0. The van der Waals surface area contributed by atoms with Crippen molar-refractivity contribution in [2.24, 2.45) is 0 Å². The summed E-state index contributed by atoms with van der Waals surface area (Å²) in [5, 5.41) is 21.4. The van der Waals surface area contributed by atoms with E-state index in [-0.39, 0.29) is 40.4 Å². The molecule has 0 amide bonds. The van der Waals surface area contributed by atoms with Gasteiger partial charge in [0.25, 0.3) is 0 Å². The fourth-order valence-electron chi connectivity index (χ4n) is 3.90. The Bertz CT molecular complexity index is 901. The molecule has 1 heterocycles. The van der Waals surface area contributed by atoms with Crippen molar-refractivity contribution in [1.29, 1.82) is 0 Å². The van der Waals surface area contributed by atoms with E-state index in [0.29, 0.717) is 11.1 Å². The smallest absolute Gasteiger partial charge is 0.337 e. The third-order valence-corrected chi connectivity index (χ3v) is 5.04. The minimum Gasteiger partial charge on any atom is -0.494 e. The van der Waals surface area contributed by atoms with Gasteiger partial charge >= 0.3 is 11.9 Å². The lowest BCUT2D eigenvalue weighted by molar-refractivity contribution is 0.0599. The molecule has 0 spiro atoms. The normalized spacial score (nSPS) is 19.5. The molecule has 7 heteroatoms. The Morgan fingerprint density at radius 3 is 1.81 bits per heavy atom. The molecule has 1 aromatic carbocycles. The van der Waals surface area contributed by atoms with E-state index < -0.39 is 11.9 Å². The van der Waals surface area contributed by atoms with E-state index in [1.54, 1.807) is 0 Å². The van der Waals surface area contributed by atoms with Gasteiger partial charge in [-0.1, -0.05) is 12.2 Å². The number of hydrogen-bond donors (Lipinski definition) is 2. The predicted molar refractivity (Wildman–Crippen MR) is 91.0 cm³/mol. The van der Waals surface area contributed by atoms with E-state index >= 15 is 0 Å². The lowest BCUT2D eigenvalue weighted by Crippen LogP contribution is -2.09. The van der Waals surface area contributed by atoms with Gasteiger partial charge in [0, 0.05) is 23.0 Å².